The van der Waals surface area contributed by atoms with Crippen molar-refractivity contribution in [2.75, 3.05) is 7.11 Å². The Morgan fingerprint density at radius 3 is 2.38 bits per heavy atom. The molecule has 2 fully saturated rings. The minimum Gasteiger partial charge on any atom is -0.497 e. The van der Waals surface area contributed by atoms with Gasteiger partial charge in [-0.15, -0.1) is 0 Å². The van der Waals surface area contributed by atoms with E-state index < -0.39 is 0 Å². The maximum Gasteiger partial charge on any atom is 0.230 e. The Kier molecular flexibility index (Phi) is 3.89. The Bertz CT molecular complexity index is 506. The van der Waals surface area contributed by atoms with Crippen molar-refractivity contribution in [1.82, 2.24) is 5.32 Å². The molecule has 0 radical (unpaired) electrons. The zero-order chi connectivity index (χ0) is 14.9. The van der Waals surface area contributed by atoms with Crippen LogP contribution >= 0.6 is 0 Å². The van der Waals surface area contributed by atoms with Crippen LogP contribution in [0.1, 0.15) is 44.1 Å². The van der Waals surface area contributed by atoms with Gasteiger partial charge in [-0.1, -0.05) is 25.0 Å². The zero-order valence-corrected chi connectivity index (χ0v) is 12.6. The van der Waals surface area contributed by atoms with Crippen LogP contribution in [0.5, 0.6) is 5.75 Å². The molecule has 0 heterocycles. The van der Waals surface area contributed by atoms with E-state index >= 15 is 0 Å². The third kappa shape index (κ3) is 2.53. The third-order valence-corrected chi connectivity index (χ3v) is 5.18. The Labute approximate surface area is 126 Å². The van der Waals surface area contributed by atoms with Gasteiger partial charge in [0, 0.05) is 12.1 Å². The molecule has 21 heavy (non-hydrogen) atoms. The largest absolute Gasteiger partial charge is 0.497 e. The molecule has 2 atom stereocenters. The predicted octanol–water partition coefficient (Wildman–Crippen LogP) is 2.11. The lowest BCUT2D eigenvalue weighted by Gasteiger charge is -2.38. The van der Waals surface area contributed by atoms with Crippen molar-refractivity contribution in [1.29, 1.82) is 0 Å². The molecule has 3 N–H and O–H groups in total. The number of rotatable bonds is 4. The summed E-state index contributed by atoms with van der Waals surface area (Å²) in [4.78, 5) is 12.9. The van der Waals surface area contributed by atoms with E-state index in [2.05, 4.69) is 5.32 Å². The first-order chi connectivity index (χ1) is 10.2. The molecule has 2 aliphatic rings. The monoisotopic (exact) mass is 288 g/mol. The van der Waals surface area contributed by atoms with Crippen LogP contribution in [0.4, 0.5) is 0 Å². The van der Waals surface area contributed by atoms with Gasteiger partial charge in [0.15, 0.2) is 0 Å². The van der Waals surface area contributed by atoms with E-state index in [1.54, 1.807) is 7.11 Å². The molecule has 2 saturated carbocycles. The average Bonchev–Trinajstić information content (AvgIpc) is 3.02. The number of hydrogen-bond donors (Lipinski definition) is 2. The van der Waals surface area contributed by atoms with Gasteiger partial charge in [-0.3, -0.25) is 4.79 Å². The second kappa shape index (κ2) is 5.68. The lowest BCUT2D eigenvalue weighted by Crippen LogP contribution is -2.58. The van der Waals surface area contributed by atoms with E-state index in [9.17, 15) is 4.79 Å². The Morgan fingerprint density at radius 2 is 1.90 bits per heavy atom. The van der Waals surface area contributed by atoms with Crippen molar-refractivity contribution in [2.24, 2.45) is 5.73 Å². The molecular weight excluding hydrogens is 264 g/mol. The average molecular weight is 288 g/mol. The van der Waals surface area contributed by atoms with Crippen molar-refractivity contribution < 1.29 is 9.53 Å². The number of hydrogen-bond acceptors (Lipinski definition) is 3. The maximum absolute atomic E-state index is 12.9. The summed E-state index contributed by atoms with van der Waals surface area (Å²) in [6, 6.07) is 8.24. The smallest absolute Gasteiger partial charge is 0.230 e. The van der Waals surface area contributed by atoms with Gasteiger partial charge in [0.25, 0.3) is 0 Å². The van der Waals surface area contributed by atoms with E-state index in [1.165, 1.54) is 0 Å². The van der Waals surface area contributed by atoms with Gasteiger partial charge in [-0.25, -0.2) is 0 Å². The molecule has 4 heteroatoms. The van der Waals surface area contributed by atoms with E-state index in [-0.39, 0.29) is 23.4 Å². The van der Waals surface area contributed by atoms with Crippen LogP contribution in [0.25, 0.3) is 0 Å². The second-order valence-corrected chi connectivity index (χ2v) is 6.34. The highest BCUT2D eigenvalue weighted by atomic mass is 16.5. The predicted molar refractivity (Wildman–Crippen MR) is 82.3 cm³/mol. The molecule has 1 aromatic carbocycles. The summed E-state index contributed by atoms with van der Waals surface area (Å²) in [5.74, 6) is 0.985. The summed E-state index contributed by atoms with van der Waals surface area (Å²) in [7, 11) is 1.66. The van der Waals surface area contributed by atoms with Gasteiger partial charge in [0.2, 0.25) is 5.91 Å². The highest BCUT2D eigenvalue weighted by molar-refractivity contribution is 5.89. The molecule has 0 bridgehead atoms. The second-order valence-electron chi connectivity index (χ2n) is 6.34. The molecule has 0 spiro atoms. The number of ether oxygens (including phenoxy) is 1. The molecule has 0 aliphatic heterocycles. The summed E-state index contributed by atoms with van der Waals surface area (Å²) in [6.07, 6.45) is 6.08. The third-order valence-electron chi connectivity index (χ3n) is 5.18. The first-order valence-electron chi connectivity index (χ1n) is 7.87. The lowest BCUT2D eigenvalue weighted by atomic mass is 9.76. The highest BCUT2D eigenvalue weighted by Crippen LogP contribution is 2.42. The van der Waals surface area contributed by atoms with Crippen LogP contribution < -0.4 is 15.8 Å². The number of carbonyl (C=O) groups is 1. The van der Waals surface area contributed by atoms with E-state index in [0.29, 0.717) is 0 Å². The highest BCUT2D eigenvalue weighted by Gasteiger charge is 2.44. The van der Waals surface area contributed by atoms with E-state index in [1.807, 2.05) is 24.3 Å². The Morgan fingerprint density at radius 1 is 1.24 bits per heavy atom. The number of methoxy groups -OCH3 is 1. The van der Waals surface area contributed by atoms with Crippen LogP contribution in [0.15, 0.2) is 24.3 Å². The van der Waals surface area contributed by atoms with E-state index in [0.717, 1.165) is 49.8 Å². The standard InChI is InChI=1S/C17H24N2O2/c1-21-13-6-4-12(5-7-13)17(10-2-3-11-17)16(20)19-15-9-8-14(15)18/h4-7,14-15H,2-3,8-11,18H2,1H3,(H,19,20)/t14-,15+/m1/s1. The van der Waals surface area contributed by atoms with Gasteiger partial charge in [-0.2, -0.15) is 0 Å². The SMILES string of the molecule is COc1ccc(C2(C(=O)N[C@H]3CC[C@H]3N)CCCC2)cc1. The fourth-order valence-electron chi connectivity index (χ4n) is 3.55. The Balaban J connectivity index is 1.82. The summed E-state index contributed by atoms with van der Waals surface area (Å²) >= 11 is 0. The van der Waals surface area contributed by atoms with Gasteiger partial charge < -0.3 is 15.8 Å². The Hall–Kier alpha value is -1.55. The summed E-state index contributed by atoms with van der Waals surface area (Å²) in [5.41, 5.74) is 6.69. The van der Waals surface area contributed by atoms with Crippen molar-refractivity contribution in [3.05, 3.63) is 29.8 Å². The molecular formula is C17H24N2O2. The molecule has 2 aliphatic carbocycles. The zero-order valence-electron chi connectivity index (χ0n) is 12.6. The molecule has 3 rings (SSSR count). The molecule has 0 unspecified atom stereocenters. The first-order valence-corrected chi connectivity index (χ1v) is 7.87. The van der Waals surface area contributed by atoms with Gasteiger partial charge in [0.1, 0.15) is 5.75 Å². The van der Waals surface area contributed by atoms with Crippen molar-refractivity contribution >= 4 is 5.91 Å². The van der Waals surface area contributed by atoms with Crippen LogP contribution in [0, 0.1) is 0 Å². The molecule has 1 aromatic rings. The van der Waals surface area contributed by atoms with Crippen molar-refractivity contribution in [3.8, 4) is 5.75 Å². The van der Waals surface area contributed by atoms with Crippen LogP contribution in [-0.4, -0.2) is 25.1 Å². The number of amides is 1. The van der Waals surface area contributed by atoms with Crippen LogP contribution in [0.2, 0.25) is 0 Å². The van der Waals surface area contributed by atoms with Crippen LogP contribution in [-0.2, 0) is 10.2 Å². The minimum absolute atomic E-state index is 0.128. The molecule has 114 valence electrons. The van der Waals surface area contributed by atoms with E-state index in [4.69, 9.17) is 10.5 Å². The lowest BCUT2D eigenvalue weighted by molar-refractivity contribution is -0.128. The normalized spacial score (nSPS) is 27.0. The minimum atomic E-state index is -0.373. The van der Waals surface area contributed by atoms with Gasteiger partial charge in [0.05, 0.1) is 12.5 Å². The molecule has 0 aromatic heterocycles. The summed E-state index contributed by atoms with van der Waals surface area (Å²) < 4.78 is 5.21. The summed E-state index contributed by atoms with van der Waals surface area (Å²) in [5, 5.41) is 3.18. The number of nitrogens with one attached hydrogen (secondary N) is 1. The maximum atomic E-state index is 12.9. The van der Waals surface area contributed by atoms with Crippen LogP contribution in [0.3, 0.4) is 0 Å². The van der Waals surface area contributed by atoms with Gasteiger partial charge >= 0.3 is 0 Å². The fraction of sp³-hybridized carbons (Fsp3) is 0.588. The topological polar surface area (TPSA) is 64.3 Å². The molecule has 1 amide bonds. The molecule has 0 saturated heterocycles. The number of nitrogens with two attached hydrogens (primary N) is 1. The molecule has 4 nitrogen and oxygen atoms in total. The number of carbonyl (C=O) groups excluding carboxylic acids is 1. The van der Waals surface area contributed by atoms with Gasteiger partial charge in [-0.05, 0) is 43.4 Å². The quantitative estimate of drug-likeness (QED) is 0.892. The van der Waals surface area contributed by atoms with Crippen molar-refractivity contribution in [3.63, 3.8) is 0 Å². The van der Waals surface area contributed by atoms with Crippen molar-refractivity contribution in [2.45, 2.75) is 56.0 Å². The number of benzene rings is 1. The first kappa shape index (κ1) is 14.4. The summed E-state index contributed by atoms with van der Waals surface area (Å²) in [6.45, 7) is 0. The fourth-order valence-corrected chi connectivity index (χ4v) is 3.55.